The fourth-order valence-electron chi connectivity index (χ4n) is 2.27. The predicted molar refractivity (Wildman–Crippen MR) is 63.0 cm³/mol. The molecule has 3 heteroatoms. The quantitative estimate of drug-likeness (QED) is 0.409. The minimum absolute atomic E-state index is 0.0521. The van der Waals surface area contributed by atoms with Crippen LogP contribution >= 0.6 is 11.6 Å². The third-order valence-electron chi connectivity index (χ3n) is 3.39. The largest absolute Gasteiger partial charge is 0.326 e. The summed E-state index contributed by atoms with van der Waals surface area (Å²) in [5.41, 5.74) is 6.20. The van der Waals surface area contributed by atoms with E-state index in [-0.39, 0.29) is 10.5 Å². The number of alkyl halides is 1. The van der Waals surface area contributed by atoms with Crippen molar-refractivity contribution in [2.75, 3.05) is 0 Å². The van der Waals surface area contributed by atoms with E-state index in [1.807, 2.05) is 0 Å². The van der Waals surface area contributed by atoms with E-state index in [0.29, 0.717) is 0 Å². The molecular formula is C10H22ClNSi. The Bertz CT molecular complexity index is 178. The van der Waals surface area contributed by atoms with E-state index in [1.54, 1.807) is 0 Å². The Morgan fingerprint density at radius 1 is 1.23 bits per heavy atom. The Labute approximate surface area is 88.0 Å². The van der Waals surface area contributed by atoms with Gasteiger partial charge in [-0.05, 0) is 12.8 Å². The van der Waals surface area contributed by atoms with Crippen molar-refractivity contribution in [3.8, 4) is 0 Å². The van der Waals surface area contributed by atoms with Gasteiger partial charge in [0.1, 0.15) is 0 Å². The molecule has 2 unspecified atom stereocenters. The lowest BCUT2D eigenvalue weighted by Crippen LogP contribution is -2.58. The first-order valence-corrected chi connectivity index (χ1v) is 9.20. The zero-order valence-electron chi connectivity index (χ0n) is 9.07. The molecule has 13 heavy (non-hydrogen) atoms. The molecule has 2 atom stereocenters. The average molecular weight is 220 g/mol. The highest BCUT2D eigenvalue weighted by molar-refractivity contribution is 6.86. The van der Waals surface area contributed by atoms with Crippen molar-refractivity contribution in [1.29, 1.82) is 0 Å². The van der Waals surface area contributed by atoms with Crippen LogP contribution in [-0.2, 0) is 0 Å². The van der Waals surface area contributed by atoms with Crippen LogP contribution in [0.3, 0.4) is 0 Å². The van der Waals surface area contributed by atoms with Crippen LogP contribution in [0.4, 0.5) is 0 Å². The summed E-state index contributed by atoms with van der Waals surface area (Å²) in [4.78, 5) is 0. The molecule has 78 valence electrons. The van der Waals surface area contributed by atoms with Gasteiger partial charge in [-0.15, -0.1) is 11.6 Å². The molecule has 0 spiro atoms. The monoisotopic (exact) mass is 219 g/mol. The van der Waals surface area contributed by atoms with Gasteiger partial charge in [0.25, 0.3) is 0 Å². The molecule has 0 aromatic rings. The summed E-state index contributed by atoms with van der Waals surface area (Å²) in [5.74, 6) is 0. The maximum absolute atomic E-state index is 6.74. The van der Waals surface area contributed by atoms with Gasteiger partial charge in [0.05, 0.1) is 12.6 Å². The number of halogens is 1. The highest BCUT2D eigenvalue weighted by Gasteiger charge is 2.46. The van der Waals surface area contributed by atoms with Crippen molar-refractivity contribution in [2.45, 2.75) is 62.3 Å². The number of hydrogen-bond acceptors (Lipinski definition) is 1. The summed E-state index contributed by atoms with van der Waals surface area (Å²) in [5, 5.41) is 0. The van der Waals surface area contributed by atoms with Crippen LogP contribution in [0.5, 0.6) is 0 Å². The Kier molecular flexibility index (Phi) is 3.47. The first kappa shape index (κ1) is 11.5. The summed E-state index contributed by atoms with van der Waals surface area (Å²) in [6.45, 7) is 7.02. The first-order valence-electron chi connectivity index (χ1n) is 5.32. The molecule has 1 nitrogen and oxygen atoms in total. The van der Waals surface area contributed by atoms with E-state index in [1.165, 1.54) is 19.3 Å². The molecule has 0 aromatic carbocycles. The molecule has 0 saturated heterocycles. The lowest BCUT2D eigenvalue weighted by Gasteiger charge is -2.41. The highest BCUT2D eigenvalue weighted by atomic mass is 35.5. The van der Waals surface area contributed by atoms with Crippen molar-refractivity contribution in [3.63, 3.8) is 0 Å². The smallest absolute Gasteiger partial charge is 0.0707 e. The van der Waals surface area contributed by atoms with Gasteiger partial charge in [-0.1, -0.05) is 38.9 Å². The standard InChI is InChI=1S/C10H22ClNSi/c1-13(2,3)10(11)8-6-4-5-7-9(10)12/h9H,4-8,12H2,1-3H3. The van der Waals surface area contributed by atoms with Gasteiger partial charge >= 0.3 is 0 Å². The van der Waals surface area contributed by atoms with Crippen LogP contribution < -0.4 is 5.73 Å². The molecule has 1 aliphatic carbocycles. The van der Waals surface area contributed by atoms with Crippen LogP contribution in [0.1, 0.15) is 32.1 Å². The normalized spacial score (nSPS) is 37.2. The summed E-state index contributed by atoms with van der Waals surface area (Å²) >= 11 is 6.74. The number of nitrogens with two attached hydrogens (primary N) is 1. The van der Waals surface area contributed by atoms with Crippen molar-refractivity contribution in [2.24, 2.45) is 5.73 Å². The molecule has 0 amide bonds. The topological polar surface area (TPSA) is 26.0 Å². The Balaban J connectivity index is 2.83. The van der Waals surface area contributed by atoms with Gasteiger partial charge in [0.2, 0.25) is 0 Å². The van der Waals surface area contributed by atoms with Gasteiger partial charge in [0, 0.05) is 6.04 Å². The Hall–Kier alpha value is 0.467. The third kappa shape index (κ3) is 2.28. The maximum atomic E-state index is 6.74. The molecule has 1 saturated carbocycles. The average Bonchev–Trinajstić information content (AvgIpc) is 2.14. The second-order valence-corrected chi connectivity index (χ2v) is 11.7. The third-order valence-corrected chi connectivity index (χ3v) is 8.67. The second-order valence-electron chi connectivity index (χ2n) is 5.32. The highest BCUT2D eigenvalue weighted by Crippen LogP contribution is 2.39. The molecule has 1 fully saturated rings. The van der Waals surface area contributed by atoms with Crippen LogP contribution in [-0.4, -0.2) is 18.6 Å². The van der Waals surface area contributed by atoms with E-state index in [0.717, 1.165) is 12.8 Å². The molecule has 0 heterocycles. The van der Waals surface area contributed by atoms with Crippen LogP contribution in [0.15, 0.2) is 0 Å². The fraction of sp³-hybridized carbons (Fsp3) is 1.00. The molecule has 0 radical (unpaired) electrons. The number of rotatable bonds is 1. The van der Waals surface area contributed by atoms with Crippen LogP contribution in [0, 0.1) is 0 Å². The lowest BCUT2D eigenvalue weighted by molar-refractivity contribution is 0.533. The number of hydrogen-bond donors (Lipinski definition) is 1. The maximum Gasteiger partial charge on any atom is 0.0707 e. The Morgan fingerprint density at radius 2 is 1.85 bits per heavy atom. The van der Waals surface area contributed by atoms with E-state index in [4.69, 9.17) is 17.3 Å². The van der Waals surface area contributed by atoms with Crippen LogP contribution in [0.25, 0.3) is 0 Å². The van der Waals surface area contributed by atoms with Gasteiger partial charge in [-0.3, -0.25) is 0 Å². The molecular weight excluding hydrogens is 198 g/mol. The van der Waals surface area contributed by atoms with Gasteiger partial charge in [-0.2, -0.15) is 0 Å². The molecule has 0 aromatic heterocycles. The van der Waals surface area contributed by atoms with E-state index in [2.05, 4.69) is 19.6 Å². The van der Waals surface area contributed by atoms with Crippen molar-refractivity contribution in [1.82, 2.24) is 0 Å². The minimum atomic E-state index is -1.34. The van der Waals surface area contributed by atoms with E-state index >= 15 is 0 Å². The molecule has 0 aliphatic heterocycles. The minimum Gasteiger partial charge on any atom is -0.326 e. The summed E-state index contributed by atoms with van der Waals surface area (Å²) < 4.78 is -0.0521. The molecule has 0 bridgehead atoms. The zero-order valence-corrected chi connectivity index (χ0v) is 10.8. The molecule has 1 rings (SSSR count). The fourth-order valence-corrected chi connectivity index (χ4v) is 4.69. The van der Waals surface area contributed by atoms with E-state index in [9.17, 15) is 0 Å². The van der Waals surface area contributed by atoms with Gasteiger partial charge in [0.15, 0.2) is 0 Å². The summed E-state index contributed by atoms with van der Waals surface area (Å²) in [7, 11) is -1.34. The van der Waals surface area contributed by atoms with Gasteiger partial charge < -0.3 is 5.73 Å². The van der Waals surface area contributed by atoms with Crippen LogP contribution in [0.2, 0.25) is 19.6 Å². The Morgan fingerprint density at radius 3 is 2.38 bits per heavy atom. The SMILES string of the molecule is C[Si](C)(C)C1(Cl)CCCCCC1N. The predicted octanol–water partition coefficient (Wildman–Crippen LogP) is 3.13. The van der Waals surface area contributed by atoms with Gasteiger partial charge in [-0.25, -0.2) is 0 Å². The van der Waals surface area contributed by atoms with Crippen molar-refractivity contribution < 1.29 is 0 Å². The van der Waals surface area contributed by atoms with Crippen molar-refractivity contribution in [3.05, 3.63) is 0 Å². The zero-order chi connectivity index (χ0) is 10.1. The van der Waals surface area contributed by atoms with E-state index < -0.39 is 8.07 Å². The molecule has 1 aliphatic rings. The van der Waals surface area contributed by atoms with Crippen molar-refractivity contribution >= 4 is 19.7 Å². The lowest BCUT2D eigenvalue weighted by atomic mass is 10.1. The second kappa shape index (κ2) is 3.91. The summed E-state index contributed by atoms with van der Waals surface area (Å²) in [6.07, 6.45) is 6.09. The first-order chi connectivity index (χ1) is 5.88. The summed E-state index contributed by atoms with van der Waals surface area (Å²) in [6, 6.07) is 0.225. The molecule has 2 N–H and O–H groups in total.